The van der Waals surface area contributed by atoms with Gasteiger partial charge in [-0.1, -0.05) is 23.7 Å². The quantitative estimate of drug-likeness (QED) is 0.519. The molecule has 3 aromatic rings. The second kappa shape index (κ2) is 6.85. The minimum atomic E-state index is -0.443. The highest BCUT2D eigenvalue weighted by atomic mass is 35.5. The zero-order chi connectivity index (χ0) is 16.2. The number of carbonyl (C=O) groups excluding carboxylic acids is 1. The molecule has 2 heterocycles. The average Bonchev–Trinajstić information content (AvgIpc) is 3.12. The van der Waals surface area contributed by atoms with Gasteiger partial charge in [0.1, 0.15) is 12.4 Å². The van der Waals surface area contributed by atoms with Gasteiger partial charge in [-0.25, -0.2) is 9.78 Å². The lowest BCUT2D eigenvalue weighted by Crippen LogP contribution is -2.00. The molecule has 3 rings (SSSR count). The SMILES string of the molecule is COc1ccc(COC(=O)/C=C/c2c(Cl)nc3sccn23)cc1. The molecule has 118 valence electrons. The number of hydrogen-bond donors (Lipinski definition) is 0. The maximum Gasteiger partial charge on any atom is 0.331 e. The fourth-order valence-electron chi connectivity index (χ4n) is 2.00. The van der Waals surface area contributed by atoms with E-state index in [9.17, 15) is 4.79 Å². The van der Waals surface area contributed by atoms with Gasteiger partial charge in [-0.2, -0.15) is 0 Å². The van der Waals surface area contributed by atoms with Gasteiger partial charge in [-0.05, 0) is 23.8 Å². The first-order chi connectivity index (χ1) is 11.2. The van der Waals surface area contributed by atoms with E-state index in [-0.39, 0.29) is 6.61 Å². The first kappa shape index (κ1) is 15.6. The monoisotopic (exact) mass is 348 g/mol. The summed E-state index contributed by atoms with van der Waals surface area (Å²) in [6.07, 6.45) is 4.79. The Morgan fingerprint density at radius 2 is 2.17 bits per heavy atom. The van der Waals surface area contributed by atoms with E-state index < -0.39 is 5.97 Å². The number of esters is 1. The molecule has 5 nitrogen and oxygen atoms in total. The van der Waals surface area contributed by atoms with Crippen molar-refractivity contribution in [3.05, 3.63) is 58.3 Å². The summed E-state index contributed by atoms with van der Waals surface area (Å²) in [6.45, 7) is 0.196. The molecule has 0 unspecified atom stereocenters. The van der Waals surface area contributed by atoms with Crippen molar-refractivity contribution in [2.75, 3.05) is 7.11 Å². The minimum absolute atomic E-state index is 0.196. The Kier molecular flexibility index (Phi) is 4.64. The number of rotatable bonds is 5. The summed E-state index contributed by atoms with van der Waals surface area (Å²) in [6, 6.07) is 7.33. The van der Waals surface area contributed by atoms with Gasteiger partial charge in [0.15, 0.2) is 10.1 Å². The van der Waals surface area contributed by atoms with Gasteiger partial charge < -0.3 is 9.47 Å². The molecule has 0 aliphatic heterocycles. The van der Waals surface area contributed by atoms with Crippen LogP contribution in [0.15, 0.2) is 41.9 Å². The van der Waals surface area contributed by atoms with Crippen molar-refractivity contribution < 1.29 is 14.3 Å². The topological polar surface area (TPSA) is 52.8 Å². The van der Waals surface area contributed by atoms with Crippen LogP contribution in [0, 0.1) is 0 Å². The Hall–Kier alpha value is -2.31. The van der Waals surface area contributed by atoms with E-state index in [1.54, 1.807) is 13.2 Å². The molecule has 0 N–H and O–H groups in total. The molecule has 0 radical (unpaired) electrons. The third-order valence-corrected chi connectivity index (χ3v) is 4.21. The summed E-state index contributed by atoms with van der Waals surface area (Å²) in [5.41, 5.74) is 1.54. The number of benzene rings is 1. The highest BCUT2D eigenvalue weighted by Gasteiger charge is 2.09. The normalized spacial score (nSPS) is 11.2. The third-order valence-electron chi connectivity index (χ3n) is 3.17. The molecule has 23 heavy (non-hydrogen) atoms. The number of hydrogen-bond acceptors (Lipinski definition) is 5. The molecular formula is C16H13ClN2O3S. The van der Waals surface area contributed by atoms with Crippen LogP contribution in [0.2, 0.25) is 5.15 Å². The molecule has 1 aromatic carbocycles. The number of thiazole rings is 1. The van der Waals surface area contributed by atoms with Gasteiger partial charge >= 0.3 is 5.97 Å². The lowest BCUT2D eigenvalue weighted by molar-refractivity contribution is -0.138. The van der Waals surface area contributed by atoms with E-state index in [0.29, 0.717) is 10.8 Å². The highest BCUT2D eigenvalue weighted by Crippen LogP contribution is 2.22. The minimum Gasteiger partial charge on any atom is -0.497 e. The molecule has 0 amide bonds. The summed E-state index contributed by atoms with van der Waals surface area (Å²) in [4.78, 5) is 16.8. The second-order valence-corrected chi connectivity index (χ2v) is 5.86. The van der Waals surface area contributed by atoms with Crippen molar-refractivity contribution in [3.8, 4) is 5.75 Å². The van der Waals surface area contributed by atoms with Crippen LogP contribution in [0.3, 0.4) is 0 Å². The first-order valence-electron chi connectivity index (χ1n) is 6.76. The van der Waals surface area contributed by atoms with Gasteiger partial charge in [0.05, 0.1) is 12.8 Å². The molecule has 0 atom stereocenters. The Bertz CT molecular complexity index is 852. The third kappa shape index (κ3) is 3.55. The van der Waals surface area contributed by atoms with Gasteiger partial charge in [0.2, 0.25) is 0 Å². The predicted molar refractivity (Wildman–Crippen MR) is 89.9 cm³/mol. The van der Waals surface area contributed by atoms with Crippen LogP contribution in [0.4, 0.5) is 0 Å². The number of fused-ring (bicyclic) bond motifs is 1. The molecule has 2 aromatic heterocycles. The summed E-state index contributed by atoms with van der Waals surface area (Å²) in [5.74, 6) is 0.317. The van der Waals surface area contributed by atoms with Crippen LogP contribution in [0.5, 0.6) is 5.75 Å². The molecule has 0 aliphatic rings. The Labute approximate surface area is 141 Å². The van der Waals surface area contributed by atoms with Crippen molar-refractivity contribution in [1.82, 2.24) is 9.38 Å². The van der Waals surface area contributed by atoms with Crippen molar-refractivity contribution >= 4 is 39.9 Å². The largest absolute Gasteiger partial charge is 0.497 e. The summed E-state index contributed by atoms with van der Waals surface area (Å²) in [5, 5.41) is 2.26. The molecule has 0 saturated heterocycles. The number of carbonyl (C=O) groups is 1. The maximum atomic E-state index is 11.8. The zero-order valence-corrected chi connectivity index (χ0v) is 13.8. The smallest absolute Gasteiger partial charge is 0.331 e. The van der Waals surface area contributed by atoms with Crippen molar-refractivity contribution in [1.29, 1.82) is 0 Å². The predicted octanol–water partition coefficient (Wildman–Crippen LogP) is 3.81. The van der Waals surface area contributed by atoms with Gasteiger partial charge in [-0.3, -0.25) is 4.40 Å². The first-order valence-corrected chi connectivity index (χ1v) is 8.02. The van der Waals surface area contributed by atoms with Crippen LogP contribution >= 0.6 is 22.9 Å². The van der Waals surface area contributed by atoms with E-state index in [4.69, 9.17) is 21.1 Å². The highest BCUT2D eigenvalue weighted by molar-refractivity contribution is 7.15. The molecule has 0 aliphatic carbocycles. The summed E-state index contributed by atoms with van der Waals surface area (Å²) in [7, 11) is 1.60. The maximum absolute atomic E-state index is 11.8. The Morgan fingerprint density at radius 1 is 1.39 bits per heavy atom. The standard InChI is InChI=1S/C16H13ClN2O3S/c1-21-12-4-2-11(3-5-12)10-22-14(20)7-6-13-15(17)18-16-19(13)8-9-23-16/h2-9H,10H2,1H3/b7-6+. The van der Waals surface area contributed by atoms with E-state index in [2.05, 4.69) is 4.98 Å². The van der Waals surface area contributed by atoms with Crippen LogP contribution in [-0.4, -0.2) is 22.5 Å². The van der Waals surface area contributed by atoms with E-state index in [1.807, 2.05) is 40.2 Å². The van der Waals surface area contributed by atoms with Gasteiger partial charge in [-0.15, -0.1) is 11.3 Å². The number of ether oxygens (including phenoxy) is 2. The summed E-state index contributed by atoms with van der Waals surface area (Å²) >= 11 is 7.53. The number of nitrogens with zero attached hydrogens (tertiary/aromatic N) is 2. The lowest BCUT2D eigenvalue weighted by atomic mass is 10.2. The van der Waals surface area contributed by atoms with E-state index >= 15 is 0 Å². The van der Waals surface area contributed by atoms with Crippen molar-refractivity contribution in [2.45, 2.75) is 6.61 Å². The molecule has 0 bridgehead atoms. The van der Waals surface area contributed by atoms with Crippen LogP contribution < -0.4 is 4.74 Å². The number of aromatic nitrogens is 2. The molecule has 0 saturated carbocycles. The summed E-state index contributed by atoms with van der Waals surface area (Å²) < 4.78 is 12.1. The Balaban J connectivity index is 1.62. The van der Waals surface area contributed by atoms with Crippen LogP contribution in [-0.2, 0) is 16.1 Å². The molecular weight excluding hydrogens is 336 g/mol. The molecule has 0 fully saturated rings. The Morgan fingerprint density at radius 3 is 2.91 bits per heavy atom. The van der Waals surface area contributed by atoms with Crippen molar-refractivity contribution in [2.24, 2.45) is 0 Å². The second-order valence-electron chi connectivity index (χ2n) is 4.63. The number of methoxy groups -OCH3 is 1. The van der Waals surface area contributed by atoms with Gasteiger partial charge in [0, 0.05) is 17.7 Å². The van der Waals surface area contributed by atoms with Crippen molar-refractivity contribution in [3.63, 3.8) is 0 Å². The molecule has 0 spiro atoms. The van der Waals surface area contributed by atoms with E-state index in [0.717, 1.165) is 16.3 Å². The number of halogens is 1. The fraction of sp³-hybridized carbons (Fsp3) is 0.125. The fourth-order valence-corrected chi connectivity index (χ4v) is 3.00. The number of imidazole rings is 1. The van der Waals surface area contributed by atoms with Gasteiger partial charge in [0.25, 0.3) is 0 Å². The van der Waals surface area contributed by atoms with E-state index in [1.165, 1.54) is 17.4 Å². The molecule has 7 heteroatoms. The van der Waals surface area contributed by atoms with Crippen LogP contribution in [0.25, 0.3) is 11.0 Å². The zero-order valence-electron chi connectivity index (χ0n) is 12.2. The lowest BCUT2D eigenvalue weighted by Gasteiger charge is -2.03. The van der Waals surface area contributed by atoms with Crippen LogP contribution in [0.1, 0.15) is 11.3 Å². The average molecular weight is 349 g/mol.